The van der Waals surface area contributed by atoms with Crippen molar-refractivity contribution in [1.29, 1.82) is 0 Å². The lowest BCUT2D eigenvalue weighted by molar-refractivity contribution is 0.0639. The number of hydrogen-bond donors (Lipinski definition) is 2. The van der Waals surface area contributed by atoms with Gasteiger partial charge in [0.2, 0.25) is 0 Å². The van der Waals surface area contributed by atoms with E-state index in [1.807, 2.05) is 42.5 Å². The highest BCUT2D eigenvalue weighted by molar-refractivity contribution is 6.04. The van der Waals surface area contributed by atoms with Crippen molar-refractivity contribution < 1.29 is 9.53 Å². The third kappa shape index (κ3) is 6.02. The van der Waals surface area contributed by atoms with E-state index >= 15 is 0 Å². The minimum Gasteiger partial charge on any atom is -0.381 e. The summed E-state index contributed by atoms with van der Waals surface area (Å²) < 4.78 is 5.46. The fraction of sp³-hybridized carbons (Fsp3) is 0.414. The summed E-state index contributed by atoms with van der Waals surface area (Å²) in [6.45, 7) is 3.82. The minimum atomic E-state index is -0.340. The Morgan fingerprint density at radius 2 is 1.83 bits per heavy atom. The molecule has 0 radical (unpaired) electrons. The number of rotatable bonds is 7. The van der Waals surface area contributed by atoms with E-state index in [0.29, 0.717) is 11.5 Å². The molecule has 0 aliphatic carbocycles. The van der Waals surface area contributed by atoms with Crippen molar-refractivity contribution in [1.82, 2.24) is 9.97 Å². The van der Waals surface area contributed by atoms with Crippen molar-refractivity contribution in [2.75, 3.05) is 36.5 Å². The van der Waals surface area contributed by atoms with E-state index in [1.165, 1.54) is 19.3 Å². The highest BCUT2D eigenvalue weighted by atomic mass is 16.5. The number of H-pyrrole nitrogens is 1. The normalized spacial score (nSPS) is 16.6. The molecule has 2 aliphatic heterocycles. The Morgan fingerprint density at radius 1 is 1.06 bits per heavy atom. The second-order valence-electron chi connectivity index (χ2n) is 9.79. The standard InChI is InChI=1S/C29H34N4O3/c34-28(22-8-11-25(12-9-22)33-15-2-1-3-16-33)32-27-19-23(20-30-29(27)35)26-6-4-5-24(31-26)10-7-21-13-17-36-18-14-21/h4-6,8-9,11-12,19-21H,1-3,7,10,13-18H2,(H,30,35)(H,32,34). The Balaban J connectivity index is 1.26. The zero-order valence-electron chi connectivity index (χ0n) is 20.7. The van der Waals surface area contributed by atoms with Crippen LogP contribution in [0, 0.1) is 5.92 Å². The second-order valence-corrected chi connectivity index (χ2v) is 9.79. The van der Waals surface area contributed by atoms with Crippen LogP contribution < -0.4 is 15.8 Å². The number of carbonyl (C=O) groups excluding carboxylic acids is 1. The highest BCUT2D eigenvalue weighted by Gasteiger charge is 2.15. The topological polar surface area (TPSA) is 87.3 Å². The number of nitrogens with zero attached hydrogens (tertiary/aromatic N) is 2. The molecule has 2 fully saturated rings. The molecular weight excluding hydrogens is 452 g/mol. The van der Waals surface area contributed by atoms with Gasteiger partial charge >= 0.3 is 0 Å². The lowest BCUT2D eigenvalue weighted by Gasteiger charge is -2.28. The summed E-state index contributed by atoms with van der Waals surface area (Å²) in [6.07, 6.45) is 9.58. The van der Waals surface area contributed by atoms with E-state index in [2.05, 4.69) is 15.2 Å². The monoisotopic (exact) mass is 486 g/mol. The molecule has 1 aromatic carbocycles. The Morgan fingerprint density at radius 3 is 2.61 bits per heavy atom. The SMILES string of the molecule is O=C(Nc1cc(-c2cccc(CCC3CCOCC3)n2)c[nH]c1=O)c1ccc(N2CCCCC2)cc1. The summed E-state index contributed by atoms with van der Waals surface area (Å²) in [5.41, 5.74) is 4.10. The molecule has 0 atom stereocenters. The largest absolute Gasteiger partial charge is 0.381 e. The molecule has 5 rings (SSSR count). The minimum absolute atomic E-state index is 0.215. The molecule has 0 spiro atoms. The summed E-state index contributed by atoms with van der Waals surface area (Å²) in [5, 5.41) is 2.78. The number of pyridine rings is 2. The summed E-state index contributed by atoms with van der Waals surface area (Å²) in [6, 6.07) is 15.3. The van der Waals surface area contributed by atoms with Crippen LogP contribution in [0.1, 0.15) is 54.6 Å². The van der Waals surface area contributed by atoms with Gasteiger partial charge in [0.25, 0.3) is 11.5 Å². The van der Waals surface area contributed by atoms with Crippen LogP contribution in [-0.2, 0) is 11.2 Å². The number of hydrogen-bond acceptors (Lipinski definition) is 5. The summed E-state index contributed by atoms with van der Waals surface area (Å²) >= 11 is 0. The van der Waals surface area contributed by atoms with Gasteiger partial charge in [-0.2, -0.15) is 0 Å². The highest BCUT2D eigenvalue weighted by Crippen LogP contribution is 2.23. The molecule has 7 nitrogen and oxygen atoms in total. The molecule has 2 saturated heterocycles. The predicted molar refractivity (Wildman–Crippen MR) is 143 cm³/mol. The number of aromatic nitrogens is 2. The Hall–Kier alpha value is -3.45. The fourth-order valence-electron chi connectivity index (χ4n) is 5.06. The van der Waals surface area contributed by atoms with E-state index < -0.39 is 0 Å². The summed E-state index contributed by atoms with van der Waals surface area (Å²) in [4.78, 5) is 35.3. The first-order valence-electron chi connectivity index (χ1n) is 13.1. The summed E-state index contributed by atoms with van der Waals surface area (Å²) in [5.74, 6) is 0.383. The molecule has 3 aromatic rings. The number of aryl methyl sites for hydroxylation is 1. The maximum absolute atomic E-state index is 12.9. The first-order valence-corrected chi connectivity index (χ1v) is 13.1. The van der Waals surface area contributed by atoms with Crippen LogP contribution in [0.5, 0.6) is 0 Å². The smallest absolute Gasteiger partial charge is 0.271 e. The van der Waals surface area contributed by atoms with Gasteiger partial charge in [0.15, 0.2) is 0 Å². The van der Waals surface area contributed by atoms with Crippen molar-refractivity contribution in [2.24, 2.45) is 5.92 Å². The van der Waals surface area contributed by atoms with Crippen molar-refractivity contribution in [3.8, 4) is 11.3 Å². The zero-order chi connectivity index (χ0) is 24.7. The van der Waals surface area contributed by atoms with Crippen LogP contribution in [-0.4, -0.2) is 42.2 Å². The van der Waals surface area contributed by atoms with Crippen LogP contribution in [0.3, 0.4) is 0 Å². The molecule has 0 unspecified atom stereocenters. The molecular formula is C29H34N4O3. The van der Waals surface area contributed by atoms with Crippen molar-refractivity contribution in [3.05, 3.63) is 76.3 Å². The van der Waals surface area contributed by atoms with Gasteiger partial charge in [0, 0.05) is 55.0 Å². The van der Waals surface area contributed by atoms with Gasteiger partial charge in [0.05, 0.1) is 5.69 Å². The van der Waals surface area contributed by atoms with Gasteiger partial charge in [-0.25, -0.2) is 0 Å². The average molecular weight is 487 g/mol. The van der Waals surface area contributed by atoms with Gasteiger partial charge in [-0.3, -0.25) is 14.6 Å². The van der Waals surface area contributed by atoms with E-state index in [9.17, 15) is 9.59 Å². The van der Waals surface area contributed by atoms with Crippen molar-refractivity contribution in [2.45, 2.75) is 44.9 Å². The number of piperidine rings is 1. The lowest BCUT2D eigenvalue weighted by atomic mass is 9.94. The number of nitrogens with one attached hydrogen (secondary N) is 2. The van der Waals surface area contributed by atoms with E-state index in [-0.39, 0.29) is 17.2 Å². The third-order valence-electron chi connectivity index (χ3n) is 7.25. The first kappa shape index (κ1) is 24.3. The quantitative estimate of drug-likeness (QED) is 0.489. The molecule has 2 aliphatic rings. The molecule has 188 valence electrons. The van der Waals surface area contributed by atoms with Crippen LogP contribution in [0.15, 0.2) is 59.5 Å². The van der Waals surface area contributed by atoms with Gasteiger partial charge in [-0.1, -0.05) is 6.07 Å². The fourth-order valence-corrected chi connectivity index (χ4v) is 5.06. The predicted octanol–water partition coefficient (Wildman–Crippen LogP) is 5.04. The molecule has 4 heterocycles. The van der Waals surface area contributed by atoms with E-state index in [0.717, 1.165) is 74.6 Å². The van der Waals surface area contributed by atoms with Crippen molar-refractivity contribution >= 4 is 17.3 Å². The number of carbonyl (C=O) groups is 1. The molecule has 1 amide bonds. The molecule has 2 N–H and O–H groups in total. The molecule has 0 saturated carbocycles. The lowest BCUT2D eigenvalue weighted by Crippen LogP contribution is -2.29. The van der Waals surface area contributed by atoms with E-state index in [4.69, 9.17) is 9.72 Å². The number of anilines is 2. The second kappa shape index (κ2) is 11.5. The molecule has 36 heavy (non-hydrogen) atoms. The van der Waals surface area contributed by atoms with Crippen LogP contribution in [0.25, 0.3) is 11.3 Å². The number of aromatic amines is 1. The Kier molecular flexibility index (Phi) is 7.76. The van der Waals surface area contributed by atoms with Gasteiger partial charge < -0.3 is 19.9 Å². The zero-order valence-corrected chi connectivity index (χ0v) is 20.7. The van der Waals surface area contributed by atoms with E-state index in [1.54, 1.807) is 12.3 Å². The number of amides is 1. The van der Waals surface area contributed by atoms with Crippen LogP contribution in [0.2, 0.25) is 0 Å². The van der Waals surface area contributed by atoms with Crippen molar-refractivity contribution in [3.63, 3.8) is 0 Å². The molecule has 7 heteroatoms. The molecule has 2 aromatic heterocycles. The third-order valence-corrected chi connectivity index (χ3v) is 7.25. The number of benzene rings is 1. The Labute approximate surface area is 211 Å². The maximum Gasteiger partial charge on any atom is 0.271 e. The van der Waals surface area contributed by atoms with Gasteiger partial charge in [-0.15, -0.1) is 0 Å². The Bertz CT molecular complexity index is 1230. The number of ether oxygens (including phenoxy) is 1. The summed E-state index contributed by atoms with van der Waals surface area (Å²) in [7, 11) is 0. The maximum atomic E-state index is 12.9. The van der Waals surface area contributed by atoms with Crippen LogP contribution >= 0.6 is 0 Å². The molecule has 0 bridgehead atoms. The van der Waals surface area contributed by atoms with Gasteiger partial charge in [0.1, 0.15) is 5.69 Å². The van der Waals surface area contributed by atoms with Gasteiger partial charge in [-0.05, 0) is 93.3 Å². The average Bonchev–Trinajstić information content (AvgIpc) is 2.94. The van der Waals surface area contributed by atoms with Crippen LogP contribution in [0.4, 0.5) is 11.4 Å². The first-order chi connectivity index (χ1) is 17.7.